The Balaban J connectivity index is 0.000000341. The van der Waals surface area contributed by atoms with E-state index in [0.29, 0.717) is 0 Å². The van der Waals surface area contributed by atoms with Crippen molar-refractivity contribution in [1.82, 2.24) is 10.6 Å². The molecule has 0 fully saturated rings. The minimum atomic E-state index is 0.840. The molecule has 0 spiro atoms. The van der Waals surface area contributed by atoms with Gasteiger partial charge < -0.3 is 15.4 Å². The molecule has 0 aliphatic rings. The molecular weight excluding hydrogens is 454 g/mol. The van der Waals surface area contributed by atoms with Crippen molar-refractivity contribution < 1.29 is 4.74 Å². The number of nitrogens with zero attached hydrogens (tertiary/aromatic N) is 1. The molecule has 3 aromatic carbocycles. The van der Waals surface area contributed by atoms with E-state index in [2.05, 4.69) is 62.5 Å². The maximum Gasteiger partial charge on any atom is 0.127 e. The Morgan fingerprint density at radius 1 is 0.865 bits per heavy atom. The van der Waals surface area contributed by atoms with E-state index in [0.717, 1.165) is 65.7 Å². The summed E-state index contributed by atoms with van der Waals surface area (Å²) in [7, 11) is 1.96. The Labute approximate surface area is 225 Å². The van der Waals surface area contributed by atoms with E-state index in [1.54, 1.807) is 0 Å². The van der Waals surface area contributed by atoms with Crippen LogP contribution < -0.4 is 15.4 Å². The second-order valence-electron chi connectivity index (χ2n) is 8.48. The maximum absolute atomic E-state index is 5.64. The van der Waals surface area contributed by atoms with Crippen molar-refractivity contribution in [3.8, 4) is 11.5 Å². The number of hydrogen-bond donors (Lipinski definition) is 2. The molecule has 0 atom stereocenters. The lowest BCUT2D eigenvalue weighted by Crippen LogP contribution is -2.18. The molecule has 0 aliphatic carbocycles. The largest absolute Gasteiger partial charge is 0.457 e. The van der Waals surface area contributed by atoms with Gasteiger partial charge in [-0.1, -0.05) is 95.0 Å². The van der Waals surface area contributed by atoms with Gasteiger partial charge >= 0.3 is 0 Å². The molecule has 0 aliphatic heterocycles. The van der Waals surface area contributed by atoms with Crippen molar-refractivity contribution in [2.75, 3.05) is 20.1 Å². The van der Waals surface area contributed by atoms with Crippen LogP contribution in [0.15, 0.2) is 97.0 Å². The number of aliphatic imine (C=N–C) groups is 1. The molecule has 3 aromatic rings. The SMILES string of the molecule is C=C(NCCCNC)c1ccccc1N=C(C)CC.C=Cc1ccc(Oc2ccccc2)cc1.CCC. The fraction of sp³-hybridized carbons (Fsp3) is 0.303. The average Bonchev–Trinajstić information content (AvgIpc) is 2.93. The van der Waals surface area contributed by atoms with Gasteiger partial charge in [-0.2, -0.15) is 0 Å². The number of ether oxygens (including phenoxy) is 1. The van der Waals surface area contributed by atoms with Crippen LogP contribution in [0, 0.1) is 0 Å². The Morgan fingerprint density at radius 3 is 2.05 bits per heavy atom. The molecule has 198 valence electrons. The summed E-state index contributed by atoms with van der Waals surface area (Å²) in [5.41, 5.74) is 5.25. The van der Waals surface area contributed by atoms with E-state index in [1.165, 1.54) is 6.42 Å². The van der Waals surface area contributed by atoms with Crippen LogP contribution in [0.25, 0.3) is 11.8 Å². The van der Waals surface area contributed by atoms with Crippen LogP contribution in [0.3, 0.4) is 0 Å². The fourth-order valence-electron chi connectivity index (χ4n) is 3.01. The van der Waals surface area contributed by atoms with Crippen LogP contribution >= 0.6 is 0 Å². The van der Waals surface area contributed by atoms with Crippen molar-refractivity contribution in [1.29, 1.82) is 0 Å². The summed E-state index contributed by atoms with van der Waals surface area (Å²) in [6.07, 6.45) is 5.11. The summed E-state index contributed by atoms with van der Waals surface area (Å²) < 4.78 is 5.64. The monoisotopic (exact) mass is 499 g/mol. The average molecular weight is 500 g/mol. The first-order valence-electron chi connectivity index (χ1n) is 13.1. The lowest BCUT2D eigenvalue weighted by atomic mass is 10.1. The Morgan fingerprint density at radius 2 is 1.46 bits per heavy atom. The summed E-state index contributed by atoms with van der Waals surface area (Å²) in [4.78, 5) is 4.65. The molecule has 3 rings (SSSR count). The van der Waals surface area contributed by atoms with Gasteiger partial charge in [0.1, 0.15) is 11.5 Å². The molecular formula is C33H45N3O. The zero-order valence-electron chi connectivity index (χ0n) is 23.4. The molecule has 0 amide bonds. The second kappa shape index (κ2) is 19.5. The van der Waals surface area contributed by atoms with Crippen LogP contribution in [0.5, 0.6) is 11.5 Å². The van der Waals surface area contributed by atoms with Crippen LogP contribution in [-0.4, -0.2) is 25.8 Å². The lowest BCUT2D eigenvalue weighted by Gasteiger charge is -2.12. The smallest absolute Gasteiger partial charge is 0.127 e. The summed E-state index contributed by atoms with van der Waals surface area (Å²) in [6, 6.07) is 25.7. The van der Waals surface area contributed by atoms with Crippen LogP contribution in [-0.2, 0) is 0 Å². The molecule has 37 heavy (non-hydrogen) atoms. The molecule has 2 N–H and O–H groups in total. The Hall–Kier alpha value is -3.63. The Kier molecular flexibility index (Phi) is 16.6. The zero-order chi connectivity index (χ0) is 27.3. The van der Waals surface area contributed by atoms with Gasteiger partial charge in [-0.15, -0.1) is 0 Å². The quantitative estimate of drug-likeness (QED) is 0.204. The number of hydrogen-bond acceptors (Lipinski definition) is 4. The van der Waals surface area contributed by atoms with E-state index in [-0.39, 0.29) is 0 Å². The Bertz CT molecular complexity index is 1060. The number of benzene rings is 3. The van der Waals surface area contributed by atoms with Crippen LogP contribution in [0.2, 0.25) is 0 Å². The number of para-hydroxylation sites is 2. The highest BCUT2D eigenvalue weighted by Crippen LogP contribution is 2.24. The molecule has 0 saturated heterocycles. The predicted octanol–water partition coefficient (Wildman–Crippen LogP) is 8.90. The number of rotatable bonds is 11. The number of nitrogens with one attached hydrogen (secondary N) is 2. The summed E-state index contributed by atoms with van der Waals surface area (Å²) in [6.45, 7) is 18.2. The molecule has 0 bridgehead atoms. The van der Waals surface area contributed by atoms with Crippen LogP contribution in [0.4, 0.5) is 5.69 Å². The molecule has 0 unspecified atom stereocenters. The predicted molar refractivity (Wildman–Crippen MR) is 164 cm³/mol. The normalized spacial score (nSPS) is 10.2. The molecule has 0 heterocycles. The van der Waals surface area contributed by atoms with E-state index in [1.807, 2.05) is 85.9 Å². The van der Waals surface area contributed by atoms with Crippen molar-refractivity contribution >= 4 is 23.2 Å². The van der Waals surface area contributed by atoms with Gasteiger partial charge in [0.05, 0.1) is 5.69 Å². The highest BCUT2D eigenvalue weighted by Gasteiger charge is 2.04. The van der Waals surface area contributed by atoms with E-state index >= 15 is 0 Å². The van der Waals surface area contributed by atoms with Crippen molar-refractivity contribution in [2.45, 2.75) is 47.0 Å². The second-order valence-corrected chi connectivity index (χ2v) is 8.48. The minimum Gasteiger partial charge on any atom is -0.457 e. The lowest BCUT2D eigenvalue weighted by molar-refractivity contribution is 0.482. The van der Waals surface area contributed by atoms with E-state index in [9.17, 15) is 0 Å². The highest BCUT2D eigenvalue weighted by atomic mass is 16.5. The first-order chi connectivity index (χ1) is 18.0. The highest BCUT2D eigenvalue weighted by molar-refractivity contribution is 5.86. The third kappa shape index (κ3) is 13.3. The molecule has 0 radical (unpaired) electrons. The summed E-state index contributed by atoms with van der Waals surface area (Å²) in [5, 5.41) is 6.50. The van der Waals surface area contributed by atoms with E-state index in [4.69, 9.17) is 4.74 Å². The van der Waals surface area contributed by atoms with Gasteiger partial charge in [0.15, 0.2) is 0 Å². The van der Waals surface area contributed by atoms with Crippen molar-refractivity contribution in [2.24, 2.45) is 4.99 Å². The standard InChI is InChI=1S/C16H25N3.C14H12O.C3H8/c1-5-13(2)19-16-10-7-6-9-15(16)14(3)18-12-8-11-17-4;1-2-12-8-10-14(11-9-12)15-13-6-4-3-5-7-13;1-3-2/h6-7,9-10,17-18H,3,5,8,11-12H2,1-2,4H3;2-11H,1H2;3H2,1-2H3. The molecule has 4 heteroatoms. The summed E-state index contributed by atoms with van der Waals surface area (Å²) in [5.74, 6) is 1.69. The molecule has 4 nitrogen and oxygen atoms in total. The zero-order valence-corrected chi connectivity index (χ0v) is 23.4. The fourth-order valence-corrected chi connectivity index (χ4v) is 3.01. The van der Waals surface area contributed by atoms with E-state index < -0.39 is 0 Å². The third-order valence-corrected chi connectivity index (χ3v) is 5.09. The summed E-state index contributed by atoms with van der Waals surface area (Å²) >= 11 is 0. The van der Waals surface area contributed by atoms with Crippen LogP contribution in [0.1, 0.15) is 58.1 Å². The van der Waals surface area contributed by atoms with Crippen molar-refractivity contribution in [3.05, 3.63) is 103 Å². The van der Waals surface area contributed by atoms with Gasteiger partial charge in [-0.25, -0.2) is 0 Å². The van der Waals surface area contributed by atoms with Gasteiger partial charge in [0.2, 0.25) is 0 Å². The minimum absolute atomic E-state index is 0.840. The van der Waals surface area contributed by atoms with Gasteiger partial charge in [0, 0.05) is 23.5 Å². The topological polar surface area (TPSA) is 45.7 Å². The van der Waals surface area contributed by atoms with Gasteiger partial charge in [-0.05, 0) is 69.3 Å². The first kappa shape index (κ1) is 31.4. The van der Waals surface area contributed by atoms with Crippen molar-refractivity contribution in [3.63, 3.8) is 0 Å². The van der Waals surface area contributed by atoms with Gasteiger partial charge in [0.25, 0.3) is 0 Å². The first-order valence-corrected chi connectivity index (χ1v) is 13.1. The van der Waals surface area contributed by atoms with Gasteiger partial charge in [-0.3, -0.25) is 4.99 Å². The maximum atomic E-state index is 5.64. The molecule has 0 aromatic heterocycles. The molecule has 0 saturated carbocycles. The third-order valence-electron chi connectivity index (χ3n) is 5.09.